The molecule has 1 heterocycles. The smallest absolute Gasteiger partial charge is 0.262 e. The normalized spacial score (nSPS) is 19.8. The molecular formula is C13H18ClF2N3O3S. The maximum absolute atomic E-state index is 13.0. The Morgan fingerprint density at radius 1 is 1.26 bits per heavy atom. The fourth-order valence-corrected chi connectivity index (χ4v) is 3.13. The molecule has 1 aromatic rings. The van der Waals surface area contributed by atoms with Crippen LogP contribution in [0.25, 0.3) is 0 Å². The molecule has 1 saturated heterocycles. The minimum absolute atomic E-state index is 0. The van der Waals surface area contributed by atoms with E-state index >= 15 is 0 Å². The number of carbonyl (C=O) groups excluding carboxylic acids is 1. The molecule has 6 nitrogen and oxygen atoms in total. The van der Waals surface area contributed by atoms with E-state index in [1.165, 1.54) is 12.1 Å². The molecule has 1 aliphatic heterocycles. The van der Waals surface area contributed by atoms with Crippen molar-refractivity contribution in [3.05, 3.63) is 30.3 Å². The Bertz CT molecular complexity index is 629. The number of sulfonamides is 1. The molecule has 1 fully saturated rings. The lowest BCUT2D eigenvalue weighted by Crippen LogP contribution is -2.43. The molecule has 1 amide bonds. The van der Waals surface area contributed by atoms with Crippen molar-refractivity contribution in [2.45, 2.75) is 23.3 Å². The average Bonchev–Trinajstić information content (AvgIpc) is 2.85. The Balaban J connectivity index is 0.00000264. The maximum atomic E-state index is 13.0. The molecule has 1 aromatic carbocycles. The Kier molecular flexibility index (Phi) is 6.87. The van der Waals surface area contributed by atoms with Gasteiger partial charge in [0.25, 0.3) is 5.92 Å². The minimum Gasteiger partial charge on any atom is -0.353 e. The summed E-state index contributed by atoms with van der Waals surface area (Å²) < 4.78 is 52.0. The van der Waals surface area contributed by atoms with Crippen LogP contribution in [-0.2, 0) is 14.8 Å². The number of hydrogen-bond donors (Lipinski definition) is 3. The van der Waals surface area contributed by atoms with Crippen LogP contribution in [0.1, 0.15) is 6.42 Å². The van der Waals surface area contributed by atoms with Crippen LogP contribution in [0.4, 0.5) is 8.78 Å². The number of hydrogen-bond acceptors (Lipinski definition) is 4. The van der Waals surface area contributed by atoms with Gasteiger partial charge >= 0.3 is 0 Å². The topological polar surface area (TPSA) is 87.3 Å². The summed E-state index contributed by atoms with van der Waals surface area (Å²) in [5, 5.41) is 4.85. The van der Waals surface area contributed by atoms with Gasteiger partial charge in [0.2, 0.25) is 15.9 Å². The number of carbonyl (C=O) groups is 1. The van der Waals surface area contributed by atoms with Gasteiger partial charge in [-0.1, -0.05) is 18.2 Å². The molecule has 0 radical (unpaired) electrons. The van der Waals surface area contributed by atoms with Crippen LogP contribution in [0.5, 0.6) is 0 Å². The fraction of sp³-hybridized carbons (Fsp3) is 0.462. The molecule has 1 unspecified atom stereocenters. The summed E-state index contributed by atoms with van der Waals surface area (Å²) in [6.07, 6.45) is -0.547. The van der Waals surface area contributed by atoms with Crippen molar-refractivity contribution in [2.24, 2.45) is 0 Å². The van der Waals surface area contributed by atoms with E-state index in [0.717, 1.165) is 0 Å². The van der Waals surface area contributed by atoms with Gasteiger partial charge in [-0.05, 0) is 12.1 Å². The van der Waals surface area contributed by atoms with Crippen LogP contribution in [0, 0.1) is 0 Å². The molecule has 10 heteroatoms. The highest BCUT2D eigenvalue weighted by Crippen LogP contribution is 2.24. The number of nitrogens with one attached hydrogen (secondary N) is 3. The minimum atomic E-state index is -3.63. The van der Waals surface area contributed by atoms with E-state index in [0.29, 0.717) is 0 Å². The summed E-state index contributed by atoms with van der Waals surface area (Å²) in [6, 6.07) is 6.85. The third-order valence-electron chi connectivity index (χ3n) is 3.20. The highest BCUT2D eigenvalue weighted by Gasteiger charge is 2.42. The van der Waals surface area contributed by atoms with Crippen LogP contribution in [-0.4, -0.2) is 45.9 Å². The first-order valence-corrected chi connectivity index (χ1v) is 8.22. The summed E-state index contributed by atoms with van der Waals surface area (Å²) in [5.41, 5.74) is 0. The molecule has 23 heavy (non-hydrogen) atoms. The van der Waals surface area contributed by atoms with E-state index in [9.17, 15) is 22.0 Å². The van der Waals surface area contributed by atoms with Gasteiger partial charge in [0.05, 0.1) is 17.5 Å². The van der Waals surface area contributed by atoms with Crippen LogP contribution in [0.3, 0.4) is 0 Å². The van der Waals surface area contributed by atoms with Crippen molar-refractivity contribution in [1.29, 1.82) is 0 Å². The van der Waals surface area contributed by atoms with E-state index in [1.807, 2.05) is 0 Å². The van der Waals surface area contributed by atoms with Crippen LogP contribution < -0.4 is 15.4 Å². The molecule has 0 aliphatic carbocycles. The molecule has 130 valence electrons. The second-order valence-electron chi connectivity index (χ2n) is 5.00. The number of rotatable bonds is 6. The maximum Gasteiger partial charge on any atom is 0.262 e. The third-order valence-corrected chi connectivity index (χ3v) is 4.67. The predicted octanol–water partition coefficient (Wildman–Crippen LogP) is 0.500. The second-order valence-corrected chi connectivity index (χ2v) is 6.76. The van der Waals surface area contributed by atoms with Gasteiger partial charge in [-0.2, -0.15) is 0 Å². The summed E-state index contributed by atoms with van der Waals surface area (Å²) in [7, 11) is -3.63. The van der Waals surface area contributed by atoms with Gasteiger partial charge in [0, 0.05) is 19.5 Å². The van der Waals surface area contributed by atoms with Gasteiger partial charge in [0.15, 0.2) is 0 Å². The number of halogens is 3. The highest BCUT2D eigenvalue weighted by molar-refractivity contribution is 7.89. The zero-order valence-electron chi connectivity index (χ0n) is 12.1. The first kappa shape index (κ1) is 19.8. The molecular weight excluding hydrogens is 352 g/mol. The van der Waals surface area contributed by atoms with Crippen molar-refractivity contribution in [1.82, 2.24) is 15.4 Å². The zero-order chi connectivity index (χ0) is 16.2. The lowest BCUT2D eigenvalue weighted by Gasteiger charge is -2.12. The Labute approximate surface area is 139 Å². The average molecular weight is 370 g/mol. The standard InChI is InChI=1S/C13H17F2N3O3S.ClH/c14-13(15)8-11(17-9-13)12(19)16-6-7-18-22(20,21)10-4-2-1-3-5-10;/h1-5,11,17-18H,6-9H2,(H,16,19);1H. The van der Waals surface area contributed by atoms with E-state index < -0.39 is 40.9 Å². The molecule has 1 atom stereocenters. The van der Waals surface area contributed by atoms with Gasteiger partial charge in [-0.3, -0.25) is 10.1 Å². The van der Waals surface area contributed by atoms with Crippen LogP contribution >= 0.6 is 12.4 Å². The van der Waals surface area contributed by atoms with E-state index in [2.05, 4.69) is 15.4 Å². The molecule has 0 spiro atoms. The summed E-state index contributed by atoms with van der Waals surface area (Å²) >= 11 is 0. The molecule has 0 saturated carbocycles. The number of amides is 1. The van der Waals surface area contributed by atoms with Crippen molar-refractivity contribution in [2.75, 3.05) is 19.6 Å². The molecule has 2 rings (SSSR count). The lowest BCUT2D eigenvalue weighted by molar-refractivity contribution is -0.123. The summed E-state index contributed by atoms with van der Waals surface area (Å²) in [4.78, 5) is 11.8. The Morgan fingerprint density at radius 2 is 1.91 bits per heavy atom. The molecule has 0 aromatic heterocycles. The predicted molar refractivity (Wildman–Crippen MR) is 83.2 cm³/mol. The van der Waals surface area contributed by atoms with Gasteiger partial charge in [0.1, 0.15) is 0 Å². The van der Waals surface area contributed by atoms with Crippen LogP contribution in [0.2, 0.25) is 0 Å². The SMILES string of the molecule is Cl.O=C(NCCNS(=O)(=O)c1ccccc1)C1CC(F)(F)CN1. The molecule has 1 aliphatic rings. The van der Waals surface area contributed by atoms with Gasteiger partial charge in [-0.25, -0.2) is 21.9 Å². The fourth-order valence-electron chi connectivity index (χ4n) is 2.08. The summed E-state index contributed by atoms with van der Waals surface area (Å²) in [5.74, 6) is -3.44. The van der Waals surface area contributed by atoms with Gasteiger partial charge < -0.3 is 5.32 Å². The molecule has 0 bridgehead atoms. The van der Waals surface area contributed by atoms with E-state index in [1.54, 1.807) is 18.2 Å². The first-order valence-electron chi connectivity index (χ1n) is 6.74. The second kappa shape index (κ2) is 8.00. The zero-order valence-corrected chi connectivity index (χ0v) is 13.7. The molecule has 3 N–H and O–H groups in total. The van der Waals surface area contributed by atoms with Gasteiger partial charge in [-0.15, -0.1) is 12.4 Å². The van der Waals surface area contributed by atoms with Crippen molar-refractivity contribution in [3.63, 3.8) is 0 Å². The third kappa shape index (κ3) is 5.69. The van der Waals surface area contributed by atoms with Crippen LogP contribution in [0.15, 0.2) is 35.2 Å². The van der Waals surface area contributed by atoms with Crippen molar-refractivity contribution in [3.8, 4) is 0 Å². The van der Waals surface area contributed by atoms with E-state index in [4.69, 9.17) is 0 Å². The largest absolute Gasteiger partial charge is 0.353 e. The summed E-state index contributed by atoms with van der Waals surface area (Å²) in [6.45, 7) is -0.521. The quantitative estimate of drug-likeness (QED) is 0.637. The van der Waals surface area contributed by atoms with Crippen molar-refractivity contribution < 1.29 is 22.0 Å². The van der Waals surface area contributed by atoms with Crippen molar-refractivity contribution >= 4 is 28.3 Å². The monoisotopic (exact) mass is 369 g/mol. The number of alkyl halides is 2. The highest BCUT2D eigenvalue weighted by atomic mass is 35.5. The van der Waals surface area contributed by atoms with E-state index in [-0.39, 0.29) is 30.4 Å². The number of benzene rings is 1. The first-order chi connectivity index (χ1) is 10.3. The Hall–Kier alpha value is -1.29. The lowest BCUT2D eigenvalue weighted by atomic mass is 10.2. The Morgan fingerprint density at radius 3 is 2.48 bits per heavy atom.